The molecule has 2 fully saturated rings. The van der Waals surface area contributed by atoms with Crippen LogP contribution in [0.4, 0.5) is 0 Å². The molecule has 0 N–H and O–H groups in total. The number of hydrogen-bond donors (Lipinski definition) is 0. The summed E-state index contributed by atoms with van der Waals surface area (Å²) in [7, 11) is 0. The van der Waals surface area contributed by atoms with E-state index in [1.54, 1.807) is 0 Å². The van der Waals surface area contributed by atoms with Crippen molar-refractivity contribution in [1.82, 2.24) is 19.8 Å². The summed E-state index contributed by atoms with van der Waals surface area (Å²) in [6.45, 7) is 6.75. The summed E-state index contributed by atoms with van der Waals surface area (Å²) in [6.07, 6.45) is 6.38. The maximum absolute atomic E-state index is 5.71. The SMILES string of the molecule is CCN1C2CCC1CN(Cc1cnc(Cl)nc1)C2. The largest absolute Gasteiger partial charge is 0.296 e. The fourth-order valence-corrected chi connectivity index (χ4v) is 3.50. The van der Waals surface area contributed by atoms with Crippen molar-refractivity contribution in [1.29, 1.82) is 0 Å². The van der Waals surface area contributed by atoms with Gasteiger partial charge in [0.25, 0.3) is 0 Å². The molecule has 3 rings (SSSR count). The first kappa shape index (κ1) is 12.3. The minimum Gasteiger partial charge on any atom is -0.296 e. The molecular formula is C13H19ClN4. The second-order valence-electron chi connectivity index (χ2n) is 5.27. The lowest BCUT2D eigenvalue weighted by Gasteiger charge is -2.40. The summed E-state index contributed by atoms with van der Waals surface area (Å²) >= 11 is 5.71. The Labute approximate surface area is 113 Å². The Kier molecular flexibility index (Phi) is 3.50. The molecule has 18 heavy (non-hydrogen) atoms. The second-order valence-corrected chi connectivity index (χ2v) is 5.61. The number of fused-ring (bicyclic) bond motifs is 2. The van der Waals surface area contributed by atoms with Gasteiger partial charge in [0.1, 0.15) is 0 Å². The zero-order chi connectivity index (χ0) is 12.5. The van der Waals surface area contributed by atoms with Crippen LogP contribution in [0.2, 0.25) is 5.28 Å². The molecule has 5 heteroatoms. The lowest BCUT2D eigenvalue weighted by atomic mass is 10.1. The van der Waals surface area contributed by atoms with E-state index in [0.717, 1.165) is 24.2 Å². The van der Waals surface area contributed by atoms with Gasteiger partial charge in [-0.05, 0) is 31.0 Å². The maximum atomic E-state index is 5.71. The summed E-state index contributed by atoms with van der Waals surface area (Å²) in [4.78, 5) is 13.3. The van der Waals surface area contributed by atoms with Crippen LogP contribution in [0.1, 0.15) is 25.3 Å². The molecule has 0 amide bonds. The first-order chi connectivity index (χ1) is 8.76. The zero-order valence-corrected chi connectivity index (χ0v) is 11.5. The van der Waals surface area contributed by atoms with Gasteiger partial charge in [0.2, 0.25) is 5.28 Å². The molecule has 2 aliphatic rings. The third-order valence-electron chi connectivity index (χ3n) is 4.15. The van der Waals surface area contributed by atoms with E-state index in [0.29, 0.717) is 5.28 Å². The van der Waals surface area contributed by atoms with Gasteiger partial charge in [0, 0.05) is 49.7 Å². The smallest absolute Gasteiger partial charge is 0.222 e. The van der Waals surface area contributed by atoms with Crippen LogP contribution in [0.3, 0.4) is 0 Å². The van der Waals surface area contributed by atoms with Crippen LogP contribution >= 0.6 is 11.6 Å². The molecular weight excluding hydrogens is 248 g/mol. The Morgan fingerprint density at radius 1 is 1.22 bits per heavy atom. The van der Waals surface area contributed by atoms with E-state index in [2.05, 4.69) is 26.7 Å². The highest BCUT2D eigenvalue weighted by Gasteiger charge is 2.38. The number of nitrogens with zero attached hydrogens (tertiary/aromatic N) is 4. The van der Waals surface area contributed by atoms with E-state index >= 15 is 0 Å². The van der Waals surface area contributed by atoms with Crippen LogP contribution in [0.5, 0.6) is 0 Å². The Balaban J connectivity index is 1.64. The van der Waals surface area contributed by atoms with Gasteiger partial charge in [-0.1, -0.05) is 6.92 Å². The Hall–Kier alpha value is -0.710. The summed E-state index contributed by atoms with van der Waals surface area (Å²) in [5.41, 5.74) is 1.16. The molecule has 2 saturated heterocycles. The lowest BCUT2D eigenvalue weighted by Crippen LogP contribution is -2.53. The van der Waals surface area contributed by atoms with Gasteiger partial charge in [-0.2, -0.15) is 0 Å². The fraction of sp³-hybridized carbons (Fsp3) is 0.692. The highest BCUT2D eigenvalue weighted by molar-refractivity contribution is 6.28. The number of aromatic nitrogens is 2. The Bertz CT molecular complexity index is 394. The van der Waals surface area contributed by atoms with Crippen molar-refractivity contribution >= 4 is 11.6 Å². The quantitative estimate of drug-likeness (QED) is 0.781. The summed E-state index contributed by atoms with van der Waals surface area (Å²) in [6, 6.07) is 1.50. The molecule has 0 aromatic carbocycles. The van der Waals surface area contributed by atoms with E-state index in [4.69, 9.17) is 11.6 Å². The molecule has 0 saturated carbocycles. The molecule has 4 nitrogen and oxygen atoms in total. The van der Waals surface area contributed by atoms with Crippen molar-refractivity contribution in [3.05, 3.63) is 23.2 Å². The number of hydrogen-bond acceptors (Lipinski definition) is 4. The van der Waals surface area contributed by atoms with Crippen LogP contribution in [-0.4, -0.2) is 51.5 Å². The molecule has 1 aromatic rings. The van der Waals surface area contributed by atoms with Gasteiger partial charge in [0.05, 0.1) is 0 Å². The van der Waals surface area contributed by atoms with Gasteiger partial charge in [-0.15, -0.1) is 0 Å². The fourth-order valence-electron chi connectivity index (χ4n) is 3.40. The first-order valence-electron chi connectivity index (χ1n) is 6.70. The standard InChI is InChI=1S/C13H19ClN4/c1-2-18-11-3-4-12(18)9-17(8-11)7-10-5-15-13(14)16-6-10/h5-6,11-12H,2-4,7-9H2,1H3. The molecule has 2 bridgehead atoms. The van der Waals surface area contributed by atoms with Crippen LogP contribution < -0.4 is 0 Å². The van der Waals surface area contributed by atoms with E-state index in [1.165, 1.54) is 32.5 Å². The molecule has 0 radical (unpaired) electrons. The third kappa shape index (κ3) is 2.37. The minimum absolute atomic E-state index is 0.328. The van der Waals surface area contributed by atoms with Crippen LogP contribution in [0.25, 0.3) is 0 Å². The average molecular weight is 267 g/mol. The summed E-state index contributed by atoms with van der Waals surface area (Å²) in [5, 5.41) is 0.328. The van der Waals surface area contributed by atoms with Crippen molar-refractivity contribution < 1.29 is 0 Å². The number of halogens is 1. The predicted molar refractivity (Wildman–Crippen MR) is 71.5 cm³/mol. The second kappa shape index (κ2) is 5.11. The monoisotopic (exact) mass is 266 g/mol. The Morgan fingerprint density at radius 3 is 2.39 bits per heavy atom. The number of likely N-dealkylation sites (tertiary alicyclic amines) is 1. The van der Waals surface area contributed by atoms with Crippen LogP contribution in [0, 0.1) is 0 Å². The van der Waals surface area contributed by atoms with Crippen molar-refractivity contribution in [2.45, 2.75) is 38.4 Å². The molecule has 1 aromatic heterocycles. The first-order valence-corrected chi connectivity index (χ1v) is 7.08. The molecule has 98 valence electrons. The predicted octanol–water partition coefficient (Wildman–Crippen LogP) is 1.80. The van der Waals surface area contributed by atoms with Gasteiger partial charge in [0.15, 0.2) is 0 Å². The van der Waals surface area contributed by atoms with Crippen molar-refractivity contribution in [2.75, 3.05) is 19.6 Å². The van der Waals surface area contributed by atoms with Crippen molar-refractivity contribution in [3.63, 3.8) is 0 Å². The molecule has 2 aliphatic heterocycles. The maximum Gasteiger partial charge on any atom is 0.222 e. The molecule has 2 atom stereocenters. The van der Waals surface area contributed by atoms with E-state index in [-0.39, 0.29) is 0 Å². The summed E-state index contributed by atoms with van der Waals surface area (Å²) < 4.78 is 0. The molecule has 0 spiro atoms. The topological polar surface area (TPSA) is 32.3 Å². The highest BCUT2D eigenvalue weighted by atomic mass is 35.5. The Morgan fingerprint density at radius 2 is 1.83 bits per heavy atom. The normalized spacial score (nSPS) is 28.8. The van der Waals surface area contributed by atoms with E-state index in [9.17, 15) is 0 Å². The number of rotatable bonds is 3. The number of likely N-dealkylation sites (N-methyl/N-ethyl adjacent to an activating group) is 1. The van der Waals surface area contributed by atoms with E-state index in [1.807, 2.05) is 12.4 Å². The zero-order valence-electron chi connectivity index (χ0n) is 10.7. The van der Waals surface area contributed by atoms with Gasteiger partial charge >= 0.3 is 0 Å². The minimum atomic E-state index is 0.328. The third-order valence-corrected chi connectivity index (χ3v) is 4.35. The molecule has 2 unspecified atom stereocenters. The van der Waals surface area contributed by atoms with Crippen LogP contribution in [0.15, 0.2) is 12.4 Å². The van der Waals surface area contributed by atoms with Crippen molar-refractivity contribution in [2.24, 2.45) is 0 Å². The van der Waals surface area contributed by atoms with Crippen LogP contribution in [-0.2, 0) is 6.54 Å². The highest BCUT2D eigenvalue weighted by Crippen LogP contribution is 2.30. The van der Waals surface area contributed by atoms with E-state index < -0.39 is 0 Å². The summed E-state index contributed by atoms with van der Waals surface area (Å²) in [5.74, 6) is 0. The molecule has 3 heterocycles. The van der Waals surface area contributed by atoms with Crippen molar-refractivity contribution in [3.8, 4) is 0 Å². The van der Waals surface area contributed by atoms with Gasteiger partial charge in [-0.3, -0.25) is 9.80 Å². The lowest BCUT2D eigenvalue weighted by molar-refractivity contribution is 0.0669. The van der Waals surface area contributed by atoms with Gasteiger partial charge in [-0.25, -0.2) is 9.97 Å². The van der Waals surface area contributed by atoms with Gasteiger partial charge < -0.3 is 0 Å². The number of piperazine rings is 1. The molecule has 0 aliphatic carbocycles. The average Bonchev–Trinajstić information content (AvgIpc) is 2.62.